The van der Waals surface area contributed by atoms with Gasteiger partial charge in [-0.05, 0) is 19.3 Å². The zero-order chi connectivity index (χ0) is 11.8. The van der Waals surface area contributed by atoms with Gasteiger partial charge in [0, 0.05) is 19.1 Å². The first-order valence-electron chi connectivity index (χ1n) is 6.10. The number of aryl methyl sites for hydroxylation is 1. The molecule has 2 N–H and O–H groups in total. The number of hydrogen-bond donors (Lipinski definition) is 2. The third kappa shape index (κ3) is 1.93. The second kappa shape index (κ2) is 4.10. The van der Waals surface area contributed by atoms with E-state index in [2.05, 4.69) is 20.8 Å². The number of nitrogens with zero attached hydrogens (tertiary/aromatic N) is 3. The Hall–Kier alpha value is -1.43. The second-order valence-corrected chi connectivity index (χ2v) is 4.97. The van der Waals surface area contributed by atoms with Gasteiger partial charge < -0.3 is 15.2 Å². The fraction of sp³-hybridized carbons (Fsp3) is 0.727. The topological polar surface area (TPSA) is 71.8 Å². The molecular weight excluding hydrogens is 218 g/mol. The predicted octanol–water partition coefficient (Wildman–Crippen LogP) is -0.428. The van der Waals surface area contributed by atoms with E-state index >= 15 is 0 Å². The van der Waals surface area contributed by atoms with Gasteiger partial charge in [-0.2, -0.15) is 0 Å². The zero-order valence-corrected chi connectivity index (χ0v) is 9.89. The average Bonchev–Trinajstić information content (AvgIpc) is 3.01. The van der Waals surface area contributed by atoms with E-state index < -0.39 is 0 Å². The molecule has 3 atom stereocenters. The van der Waals surface area contributed by atoms with Crippen LogP contribution in [0.5, 0.6) is 0 Å². The van der Waals surface area contributed by atoms with Crippen LogP contribution in [0, 0.1) is 5.92 Å². The van der Waals surface area contributed by atoms with E-state index in [1.807, 2.05) is 11.6 Å². The molecule has 2 saturated heterocycles. The van der Waals surface area contributed by atoms with Crippen LogP contribution in [-0.4, -0.2) is 32.8 Å². The molecule has 0 radical (unpaired) electrons. The predicted molar refractivity (Wildman–Crippen MR) is 60.9 cm³/mol. The van der Waals surface area contributed by atoms with Crippen LogP contribution in [0.25, 0.3) is 0 Å². The van der Waals surface area contributed by atoms with Gasteiger partial charge in [-0.1, -0.05) is 0 Å². The molecule has 1 aromatic heterocycles. The molecule has 3 heterocycles. The minimum atomic E-state index is 0.141. The van der Waals surface area contributed by atoms with Crippen molar-refractivity contribution in [2.75, 3.05) is 0 Å². The molecule has 3 rings (SSSR count). The summed E-state index contributed by atoms with van der Waals surface area (Å²) in [4.78, 5) is 12.0. The zero-order valence-electron chi connectivity index (χ0n) is 9.89. The highest BCUT2D eigenvalue weighted by molar-refractivity contribution is 5.80. The molecule has 92 valence electrons. The van der Waals surface area contributed by atoms with Crippen molar-refractivity contribution in [2.45, 2.75) is 37.9 Å². The molecule has 6 heteroatoms. The lowest BCUT2D eigenvalue weighted by molar-refractivity contribution is -0.125. The van der Waals surface area contributed by atoms with Crippen molar-refractivity contribution in [2.24, 2.45) is 13.0 Å². The monoisotopic (exact) mass is 235 g/mol. The maximum atomic E-state index is 12.0. The van der Waals surface area contributed by atoms with E-state index in [0.29, 0.717) is 18.6 Å². The summed E-state index contributed by atoms with van der Waals surface area (Å²) >= 11 is 0. The van der Waals surface area contributed by atoms with Gasteiger partial charge in [-0.15, -0.1) is 10.2 Å². The Morgan fingerprint density at radius 2 is 2.53 bits per heavy atom. The average molecular weight is 235 g/mol. The van der Waals surface area contributed by atoms with Gasteiger partial charge in [-0.3, -0.25) is 4.79 Å². The van der Waals surface area contributed by atoms with Gasteiger partial charge in [0.05, 0.1) is 12.5 Å². The van der Waals surface area contributed by atoms with E-state index in [0.717, 1.165) is 18.7 Å². The summed E-state index contributed by atoms with van der Waals surface area (Å²) in [5.74, 6) is 1.07. The molecule has 0 aromatic carbocycles. The molecule has 3 unspecified atom stereocenters. The quantitative estimate of drug-likeness (QED) is 0.746. The first kappa shape index (κ1) is 10.7. The van der Waals surface area contributed by atoms with Crippen molar-refractivity contribution in [3.05, 3.63) is 12.2 Å². The number of hydrogen-bond acceptors (Lipinski definition) is 4. The Balaban J connectivity index is 1.56. The molecule has 2 aliphatic rings. The maximum absolute atomic E-state index is 12.0. The second-order valence-electron chi connectivity index (χ2n) is 4.97. The molecule has 0 saturated carbocycles. The molecule has 2 fully saturated rings. The summed E-state index contributed by atoms with van der Waals surface area (Å²) in [7, 11) is 1.88. The standard InChI is InChI=1S/C11H17N5O/c1-16-6-13-15-10(16)5-12-11(17)8-4-7-2-3-9(8)14-7/h6-9,14H,2-5H2,1H3,(H,12,17). The van der Waals surface area contributed by atoms with E-state index in [1.54, 1.807) is 6.33 Å². The summed E-state index contributed by atoms with van der Waals surface area (Å²) in [6.07, 6.45) is 4.97. The third-order valence-corrected chi connectivity index (χ3v) is 3.86. The van der Waals surface area contributed by atoms with Gasteiger partial charge in [0.1, 0.15) is 6.33 Å². The van der Waals surface area contributed by atoms with Crippen molar-refractivity contribution < 1.29 is 4.79 Å². The smallest absolute Gasteiger partial charge is 0.225 e. The molecule has 17 heavy (non-hydrogen) atoms. The van der Waals surface area contributed by atoms with E-state index in [1.165, 1.54) is 6.42 Å². The molecule has 1 aromatic rings. The van der Waals surface area contributed by atoms with Gasteiger partial charge in [0.15, 0.2) is 5.82 Å². The number of carbonyl (C=O) groups excluding carboxylic acids is 1. The van der Waals surface area contributed by atoms with Crippen molar-refractivity contribution in [1.29, 1.82) is 0 Å². The molecule has 6 nitrogen and oxygen atoms in total. The van der Waals surface area contributed by atoms with Crippen LogP contribution in [0.2, 0.25) is 0 Å². The highest BCUT2D eigenvalue weighted by Gasteiger charge is 2.42. The summed E-state index contributed by atoms with van der Waals surface area (Å²) in [6.45, 7) is 0.462. The SMILES string of the molecule is Cn1cnnc1CNC(=O)C1CC2CCC1N2. The van der Waals surface area contributed by atoms with Crippen LogP contribution in [0.1, 0.15) is 25.1 Å². The van der Waals surface area contributed by atoms with E-state index in [9.17, 15) is 4.79 Å². The summed E-state index contributed by atoms with van der Waals surface area (Å²) in [6, 6.07) is 0.949. The minimum Gasteiger partial charge on any atom is -0.349 e. The maximum Gasteiger partial charge on any atom is 0.225 e. The lowest BCUT2D eigenvalue weighted by Crippen LogP contribution is -2.37. The van der Waals surface area contributed by atoms with Crippen molar-refractivity contribution in [3.63, 3.8) is 0 Å². The van der Waals surface area contributed by atoms with Crippen molar-refractivity contribution in [3.8, 4) is 0 Å². The van der Waals surface area contributed by atoms with Crippen LogP contribution >= 0.6 is 0 Å². The molecule has 2 aliphatic heterocycles. The number of nitrogens with one attached hydrogen (secondary N) is 2. The molecule has 2 bridgehead atoms. The normalized spacial score (nSPS) is 30.8. The Bertz CT molecular complexity index is 429. The number of carbonyl (C=O) groups is 1. The van der Waals surface area contributed by atoms with Crippen LogP contribution < -0.4 is 10.6 Å². The highest BCUT2D eigenvalue weighted by Crippen LogP contribution is 2.33. The lowest BCUT2D eigenvalue weighted by Gasteiger charge is -2.19. The van der Waals surface area contributed by atoms with Gasteiger partial charge in [-0.25, -0.2) is 0 Å². The Morgan fingerprint density at radius 1 is 1.65 bits per heavy atom. The number of fused-ring (bicyclic) bond motifs is 2. The number of amides is 1. The van der Waals surface area contributed by atoms with Crippen LogP contribution in [0.4, 0.5) is 0 Å². The van der Waals surface area contributed by atoms with Gasteiger partial charge in [0.25, 0.3) is 0 Å². The first-order chi connectivity index (χ1) is 8.24. The van der Waals surface area contributed by atoms with E-state index in [-0.39, 0.29) is 11.8 Å². The highest BCUT2D eigenvalue weighted by atomic mass is 16.2. The van der Waals surface area contributed by atoms with Gasteiger partial charge in [0.2, 0.25) is 5.91 Å². The fourth-order valence-corrected chi connectivity index (χ4v) is 2.88. The number of aromatic nitrogens is 3. The third-order valence-electron chi connectivity index (χ3n) is 3.86. The van der Waals surface area contributed by atoms with Crippen molar-refractivity contribution in [1.82, 2.24) is 25.4 Å². The summed E-state index contributed by atoms with van der Waals surface area (Å²) < 4.78 is 1.82. The Morgan fingerprint density at radius 3 is 3.12 bits per heavy atom. The largest absolute Gasteiger partial charge is 0.349 e. The van der Waals surface area contributed by atoms with Gasteiger partial charge >= 0.3 is 0 Å². The molecule has 1 amide bonds. The lowest BCUT2D eigenvalue weighted by atomic mass is 9.88. The summed E-state index contributed by atoms with van der Waals surface area (Å²) in [5.41, 5.74) is 0. The molecule has 0 aliphatic carbocycles. The molecule has 0 spiro atoms. The van der Waals surface area contributed by atoms with E-state index in [4.69, 9.17) is 0 Å². The van der Waals surface area contributed by atoms with Crippen LogP contribution in [0.15, 0.2) is 6.33 Å². The molecular formula is C11H17N5O. The number of rotatable bonds is 3. The van der Waals surface area contributed by atoms with Crippen LogP contribution in [-0.2, 0) is 18.4 Å². The Labute approximate surface area is 99.8 Å². The summed E-state index contributed by atoms with van der Waals surface area (Å²) in [5, 5.41) is 14.1. The fourth-order valence-electron chi connectivity index (χ4n) is 2.88. The minimum absolute atomic E-state index is 0.141. The van der Waals surface area contributed by atoms with Crippen molar-refractivity contribution >= 4 is 5.91 Å². The first-order valence-corrected chi connectivity index (χ1v) is 6.10. The van der Waals surface area contributed by atoms with Crippen LogP contribution in [0.3, 0.4) is 0 Å². The Kier molecular flexibility index (Phi) is 2.58.